The molecule has 1 atom stereocenters. The summed E-state index contributed by atoms with van der Waals surface area (Å²) in [6, 6.07) is 5.24. The molecule has 1 amide bonds. The Morgan fingerprint density at radius 3 is 2.76 bits per heavy atom. The van der Waals surface area contributed by atoms with Gasteiger partial charge < -0.3 is 20.1 Å². The van der Waals surface area contributed by atoms with E-state index in [2.05, 4.69) is 17.6 Å². The number of amides is 1. The van der Waals surface area contributed by atoms with Crippen LogP contribution in [-0.4, -0.2) is 45.9 Å². The Hall–Kier alpha value is -1.30. The predicted octanol–water partition coefficient (Wildman–Crippen LogP) is 2.55. The zero-order chi connectivity index (χ0) is 15.7. The predicted molar refractivity (Wildman–Crippen MR) is 85.2 cm³/mol. The van der Waals surface area contributed by atoms with Crippen LogP contribution in [0, 0.1) is 0 Å². The van der Waals surface area contributed by atoms with E-state index in [1.807, 2.05) is 6.07 Å². The largest absolute Gasteiger partial charge is 0.384 e. The molecule has 0 bridgehead atoms. The van der Waals surface area contributed by atoms with Crippen LogP contribution in [0.2, 0.25) is 5.02 Å². The van der Waals surface area contributed by atoms with Crippen molar-refractivity contribution in [3.05, 3.63) is 28.8 Å². The molecule has 0 aromatic heterocycles. The fourth-order valence-corrected chi connectivity index (χ4v) is 1.99. The van der Waals surface area contributed by atoms with Crippen molar-refractivity contribution in [3.63, 3.8) is 0 Å². The van der Waals surface area contributed by atoms with Crippen LogP contribution in [0.1, 0.15) is 23.7 Å². The average Bonchev–Trinajstić information content (AvgIpc) is 2.49. The Balaban J connectivity index is 2.73. The van der Waals surface area contributed by atoms with Crippen LogP contribution in [-0.2, 0) is 9.47 Å². The number of rotatable bonds is 9. The van der Waals surface area contributed by atoms with Crippen molar-refractivity contribution in [2.75, 3.05) is 39.2 Å². The molecule has 0 saturated heterocycles. The SMILES string of the molecule is CCCNc1ccc(Cl)cc1C(=O)NCC(COC)OC. The minimum atomic E-state index is -0.186. The molecule has 6 heteroatoms. The van der Waals surface area contributed by atoms with Crippen LogP contribution in [0.25, 0.3) is 0 Å². The van der Waals surface area contributed by atoms with Gasteiger partial charge in [0.2, 0.25) is 0 Å². The molecule has 0 heterocycles. The first-order valence-corrected chi connectivity index (χ1v) is 7.33. The smallest absolute Gasteiger partial charge is 0.253 e. The second kappa shape index (κ2) is 9.60. The number of halogens is 1. The minimum Gasteiger partial charge on any atom is -0.384 e. The van der Waals surface area contributed by atoms with Gasteiger partial charge in [-0.1, -0.05) is 18.5 Å². The van der Waals surface area contributed by atoms with Gasteiger partial charge in [-0.25, -0.2) is 0 Å². The van der Waals surface area contributed by atoms with E-state index in [0.29, 0.717) is 23.7 Å². The van der Waals surface area contributed by atoms with Crippen molar-refractivity contribution in [2.24, 2.45) is 0 Å². The van der Waals surface area contributed by atoms with Gasteiger partial charge in [-0.05, 0) is 24.6 Å². The standard InChI is InChI=1S/C15H23ClN2O3/c1-4-7-17-14-6-5-11(16)8-13(14)15(19)18-9-12(21-3)10-20-2/h5-6,8,12,17H,4,7,9-10H2,1-3H3,(H,18,19). The van der Waals surface area contributed by atoms with Crippen molar-refractivity contribution in [1.82, 2.24) is 5.32 Å². The van der Waals surface area contributed by atoms with Crippen LogP contribution in [0.5, 0.6) is 0 Å². The zero-order valence-corrected chi connectivity index (χ0v) is 13.5. The molecule has 2 N–H and O–H groups in total. The number of hydrogen-bond donors (Lipinski definition) is 2. The Morgan fingerprint density at radius 1 is 1.38 bits per heavy atom. The summed E-state index contributed by atoms with van der Waals surface area (Å²) in [5, 5.41) is 6.59. The van der Waals surface area contributed by atoms with E-state index in [1.165, 1.54) is 0 Å². The van der Waals surface area contributed by atoms with Gasteiger partial charge in [0, 0.05) is 38.0 Å². The van der Waals surface area contributed by atoms with Gasteiger partial charge in [0.25, 0.3) is 5.91 Å². The number of hydrogen-bond acceptors (Lipinski definition) is 4. The lowest BCUT2D eigenvalue weighted by atomic mass is 10.1. The van der Waals surface area contributed by atoms with E-state index in [-0.39, 0.29) is 12.0 Å². The first-order valence-electron chi connectivity index (χ1n) is 6.95. The maximum absolute atomic E-state index is 12.3. The first kappa shape index (κ1) is 17.8. The van der Waals surface area contributed by atoms with E-state index in [4.69, 9.17) is 21.1 Å². The molecule has 0 aliphatic heterocycles. The maximum Gasteiger partial charge on any atom is 0.253 e. The summed E-state index contributed by atoms with van der Waals surface area (Å²) < 4.78 is 10.2. The van der Waals surface area contributed by atoms with E-state index >= 15 is 0 Å². The second-order valence-corrected chi connectivity index (χ2v) is 5.08. The molecule has 118 valence electrons. The molecule has 5 nitrogen and oxygen atoms in total. The van der Waals surface area contributed by atoms with Gasteiger partial charge in [-0.3, -0.25) is 4.79 Å². The molecular formula is C15H23ClN2O3. The molecule has 1 aromatic carbocycles. The maximum atomic E-state index is 12.3. The van der Waals surface area contributed by atoms with Gasteiger partial charge in [-0.2, -0.15) is 0 Å². The fourth-order valence-electron chi connectivity index (χ4n) is 1.82. The normalized spacial score (nSPS) is 12.0. The van der Waals surface area contributed by atoms with Gasteiger partial charge in [-0.15, -0.1) is 0 Å². The lowest BCUT2D eigenvalue weighted by Crippen LogP contribution is -2.35. The fraction of sp³-hybridized carbons (Fsp3) is 0.533. The Kier molecular flexibility index (Phi) is 8.12. The van der Waals surface area contributed by atoms with Crippen LogP contribution in [0.15, 0.2) is 18.2 Å². The summed E-state index contributed by atoms with van der Waals surface area (Å²) in [7, 11) is 3.18. The van der Waals surface area contributed by atoms with Crippen molar-refractivity contribution in [3.8, 4) is 0 Å². The van der Waals surface area contributed by atoms with Gasteiger partial charge in [0.15, 0.2) is 0 Å². The van der Waals surface area contributed by atoms with E-state index in [0.717, 1.165) is 18.7 Å². The summed E-state index contributed by atoms with van der Waals surface area (Å²) >= 11 is 5.98. The second-order valence-electron chi connectivity index (χ2n) is 4.64. The van der Waals surface area contributed by atoms with E-state index in [1.54, 1.807) is 26.4 Å². The first-order chi connectivity index (χ1) is 10.1. The lowest BCUT2D eigenvalue weighted by molar-refractivity contribution is 0.0285. The Morgan fingerprint density at radius 2 is 2.14 bits per heavy atom. The minimum absolute atomic E-state index is 0.176. The van der Waals surface area contributed by atoms with Crippen LogP contribution >= 0.6 is 11.6 Å². The van der Waals surface area contributed by atoms with Crippen molar-refractivity contribution < 1.29 is 14.3 Å². The number of carbonyl (C=O) groups is 1. The molecule has 0 saturated carbocycles. The summed E-state index contributed by atoms with van der Waals surface area (Å²) in [6.45, 7) is 3.67. The topological polar surface area (TPSA) is 59.6 Å². The molecule has 0 aliphatic carbocycles. The molecule has 0 fully saturated rings. The third kappa shape index (κ3) is 5.91. The molecule has 1 aromatic rings. The van der Waals surface area contributed by atoms with Crippen LogP contribution in [0.4, 0.5) is 5.69 Å². The molecule has 0 spiro atoms. The highest BCUT2D eigenvalue weighted by atomic mass is 35.5. The molecule has 0 radical (unpaired) electrons. The monoisotopic (exact) mass is 314 g/mol. The van der Waals surface area contributed by atoms with Gasteiger partial charge >= 0.3 is 0 Å². The number of benzene rings is 1. The van der Waals surface area contributed by atoms with E-state index < -0.39 is 0 Å². The molecule has 21 heavy (non-hydrogen) atoms. The highest BCUT2D eigenvalue weighted by Crippen LogP contribution is 2.20. The number of nitrogens with one attached hydrogen (secondary N) is 2. The highest BCUT2D eigenvalue weighted by molar-refractivity contribution is 6.31. The van der Waals surface area contributed by atoms with Gasteiger partial charge in [0.1, 0.15) is 0 Å². The number of methoxy groups -OCH3 is 2. The third-order valence-electron chi connectivity index (χ3n) is 2.97. The zero-order valence-electron chi connectivity index (χ0n) is 12.7. The molecule has 0 aliphatic rings. The highest BCUT2D eigenvalue weighted by Gasteiger charge is 2.14. The Labute approximate surface area is 131 Å². The lowest BCUT2D eigenvalue weighted by Gasteiger charge is -2.16. The number of anilines is 1. The quantitative estimate of drug-likeness (QED) is 0.735. The summed E-state index contributed by atoms with van der Waals surface area (Å²) in [4.78, 5) is 12.3. The van der Waals surface area contributed by atoms with Gasteiger partial charge in [0.05, 0.1) is 18.3 Å². The summed E-state index contributed by atoms with van der Waals surface area (Å²) in [6.07, 6.45) is 0.800. The molecule has 1 rings (SSSR count). The number of ether oxygens (including phenoxy) is 2. The molecular weight excluding hydrogens is 292 g/mol. The van der Waals surface area contributed by atoms with Crippen molar-refractivity contribution in [2.45, 2.75) is 19.4 Å². The molecule has 1 unspecified atom stereocenters. The Bertz CT molecular complexity index is 455. The third-order valence-corrected chi connectivity index (χ3v) is 3.20. The van der Waals surface area contributed by atoms with Crippen LogP contribution < -0.4 is 10.6 Å². The summed E-state index contributed by atoms with van der Waals surface area (Å²) in [5.41, 5.74) is 1.31. The number of carbonyl (C=O) groups excluding carboxylic acids is 1. The van der Waals surface area contributed by atoms with Crippen molar-refractivity contribution in [1.29, 1.82) is 0 Å². The summed E-state index contributed by atoms with van der Waals surface area (Å²) in [5.74, 6) is -0.186. The average molecular weight is 315 g/mol. The van der Waals surface area contributed by atoms with E-state index in [9.17, 15) is 4.79 Å². The van der Waals surface area contributed by atoms with Crippen LogP contribution in [0.3, 0.4) is 0 Å². The van der Waals surface area contributed by atoms with Crippen molar-refractivity contribution >= 4 is 23.2 Å².